The summed E-state index contributed by atoms with van der Waals surface area (Å²) in [5, 5.41) is 1.13. The Morgan fingerprint density at radius 3 is 1.33 bits per heavy atom. The molecule has 0 aliphatic rings. The summed E-state index contributed by atoms with van der Waals surface area (Å²) in [5.74, 6) is 0.477. The van der Waals surface area contributed by atoms with Crippen LogP contribution in [0, 0.1) is 0 Å². The number of halogens is 1. The first-order valence-electron chi connectivity index (χ1n) is 10.5. The monoisotopic (exact) mass is 474 g/mol. The van der Waals surface area contributed by atoms with E-state index in [0.29, 0.717) is 5.92 Å². The Kier molecular flexibility index (Phi) is 5.96. The fraction of sp³-hybridized carbons (Fsp3) is 0.143. The van der Waals surface area contributed by atoms with Gasteiger partial charge in [-0.2, -0.15) is 0 Å². The van der Waals surface area contributed by atoms with E-state index >= 15 is 0 Å². The summed E-state index contributed by atoms with van der Waals surface area (Å²) in [6, 6.07) is 42.0. The van der Waals surface area contributed by atoms with Gasteiger partial charge in [-0.1, -0.05) is 0 Å². The van der Waals surface area contributed by atoms with Crippen molar-refractivity contribution in [2.75, 3.05) is 0 Å². The molecule has 4 rings (SSSR count). The molecule has 0 N–H and O–H groups in total. The molecular weight excluding hydrogens is 447 g/mol. The van der Waals surface area contributed by atoms with Gasteiger partial charge in [-0.3, -0.25) is 0 Å². The van der Waals surface area contributed by atoms with Crippen LogP contribution in [0.15, 0.2) is 115 Å². The molecule has 0 amide bonds. The van der Waals surface area contributed by atoms with Gasteiger partial charge in [-0.15, -0.1) is 0 Å². The van der Waals surface area contributed by atoms with Gasteiger partial charge >= 0.3 is 189 Å². The average molecular weight is 475 g/mol. The van der Waals surface area contributed by atoms with Crippen molar-refractivity contribution in [3.63, 3.8) is 0 Å². The Hall–Kier alpha value is -2.21. The molecule has 0 heterocycles. The summed E-state index contributed by atoms with van der Waals surface area (Å²) in [6.45, 7) is 4.57. The molecule has 2 heteroatoms. The minimum absolute atomic E-state index is 0.477. The second-order valence-electron chi connectivity index (χ2n) is 8.20. The molecule has 30 heavy (non-hydrogen) atoms. The Morgan fingerprint density at radius 1 is 0.567 bits per heavy atom. The zero-order chi connectivity index (χ0) is 21.1. The summed E-state index contributed by atoms with van der Waals surface area (Å²) in [6.07, 6.45) is 0.942. The van der Waals surface area contributed by atoms with E-state index in [9.17, 15) is 0 Å². The van der Waals surface area contributed by atoms with E-state index in [4.69, 9.17) is 0 Å². The molecule has 0 saturated heterocycles. The third-order valence-electron chi connectivity index (χ3n) is 6.03. The van der Waals surface area contributed by atoms with Gasteiger partial charge in [0.2, 0.25) is 0 Å². The van der Waals surface area contributed by atoms with E-state index in [-0.39, 0.29) is 0 Å². The van der Waals surface area contributed by atoms with Gasteiger partial charge in [0.15, 0.2) is 0 Å². The molecule has 0 unspecified atom stereocenters. The summed E-state index contributed by atoms with van der Waals surface area (Å²) >= 11 is 4.57. The van der Waals surface area contributed by atoms with Crippen molar-refractivity contribution in [3.8, 4) is 0 Å². The summed E-state index contributed by atoms with van der Waals surface area (Å²) in [7, 11) is 0. The first kappa shape index (κ1) is 21.0. The molecule has 0 nitrogen and oxygen atoms in total. The second-order valence-corrected chi connectivity index (χ2v) is 17.1. The number of hydrogen-bond acceptors (Lipinski definition) is 0. The first-order chi connectivity index (χ1) is 14.5. The van der Waals surface area contributed by atoms with Gasteiger partial charge in [0.1, 0.15) is 0 Å². The van der Waals surface area contributed by atoms with Crippen LogP contribution in [0.2, 0.25) is 0 Å². The van der Waals surface area contributed by atoms with Gasteiger partial charge in [-0.05, 0) is 0 Å². The molecule has 0 aromatic heterocycles. The van der Waals surface area contributed by atoms with E-state index in [0.717, 1.165) is 6.16 Å². The molecular formula is C28H28BrP. The van der Waals surface area contributed by atoms with E-state index in [1.54, 1.807) is 0 Å². The Morgan fingerprint density at radius 2 is 0.933 bits per heavy atom. The fourth-order valence-corrected chi connectivity index (χ4v) is 12.2. The van der Waals surface area contributed by atoms with E-state index in [1.807, 2.05) is 0 Å². The van der Waals surface area contributed by atoms with E-state index in [2.05, 4.69) is 145 Å². The summed E-state index contributed by atoms with van der Waals surface area (Å²) < 4.78 is 0. The molecule has 0 fully saturated rings. The van der Waals surface area contributed by atoms with Crippen LogP contribution in [0.25, 0.3) is 0 Å². The van der Waals surface area contributed by atoms with Crippen molar-refractivity contribution < 1.29 is 0 Å². The van der Waals surface area contributed by atoms with E-state index < -0.39 is 5.31 Å². The summed E-state index contributed by atoms with van der Waals surface area (Å²) in [4.78, 5) is 0. The Balaban J connectivity index is 2.10. The maximum absolute atomic E-state index is 4.57. The first-order valence-corrected chi connectivity index (χ1v) is 15.0. The zero-order valence-corrected chi connectivity index (χ0v) is 20.1. The van der Waals surface area contributed by atoms with Crippen LogP contribution >= 0.6 is 20.8 Å². The van der Waals surface area contributed by atoms with Crippen molar-refractivity contribution in [1.82, 2.24) is 0 Å². The molecule has 0 saturated carbocycles. The van der Waals surface area contributed by atoms with Crippen LogP contribution in [-0.2, 0) is 6.16 Å². The normalized spacial score (nSPS) is 13.0. The van der Waals surface area contributed by atoms with Crippen molar-refractivity contribution in [2.45, 2.75) is 25.9 Å². The quantitative estimate of drug-likeness (QED) is 0.260. The van der Waals surface area contributed by atoms with Crippen molar-refractivity contribution >= 4 is 36.7 Å². The standard InChI is InChI=1S/C28H28BrP/c1-23(2)28-21-13-12-14-24(28)22-30(29,25-15-6-3-7-16-25,26-17-8-4-9-18-26)27-19-10-5-11-20-27/h3-21,23H,22H2,1-2H3. The SMILES string of the molecule is CC(C)c1ccccc1CP(Br)(c1ccccc1)(c1ccccc1)c1ccccc1. The summed E-state index contributed by atoms with van der Waals surface area (Å²) in [5.41, 5.74) is 2.84. The number of rotatable bonds is 6. The average Bonchev–Trinajstić information content (AvgIpc) is 2.81. The van der Waals surface area contributed by atoms with Crippen LogP contribution in [0.5, 0.6) is 0 Å². The van der Waals surface area contributed by atoms with Crippen molar-refractivity contribution in [1.29, 1.82) is 0 Å². The van der Waals surface area contributed by atoms with Gasteiger partial charge in [0, 0.05) is 0 Å². The molecule has 0 spiro atoms. The molecule has 0 aliphatic heterocycles. The minimum atomic E-state index is -2.95. The number of benzene rings is 4. The van der Waals surface area contributed by atoms with Crippen LogP contribution < -0.4 is 15.9 Å². The third-order valence-corrected chi connectivity index (χ3v) is 15.5. The molecule has 0 aliphatic carbocycles. The maximum atomic E-state index is 4.57. The van der Waals surface area contributed by atoms with Gasteiger partial charge in [-0.25, -0.2) is 0 Å². The van der Waals surface area contributed by atoms with E-state index in [1.165, 1.54) is 27.0 Å². The fourth-order valence-electron chi connectivity index (χ4n) is 4.50. The molecule has 4 aromatic carbocycles. The molecule has 0 bridgehead atoms. The van der Waals surface area contributed by atoms with Crippen LogP contribution in [-0.4, -0.2) is 0 Å². The van der Waals surface area contributed by atoms with Crippen LogP contribution in [0.1, 0.15) is 30.9 Å². The Bertz CT molecular complexity index is 1010. The van der Waals surface area contributed by atoms with Gasteiger partial charge < -0.3 is 0 Å². The number of hydrogen-bond donors (Lipinski definition) is 0. The second kappa shape index (κ2) is 8.50. The predicted molar refractivity (Wildman–Crippen MR) is 138 cm³/mol. The zero-order valence-electron chi connectivity index (χ0n) is 17.6. The van der Waals surface area contributed by atoms with Gasteiger partial charge in [0.05, 0.1) is 0 Å². The van der Waals surface area contributed by atoms with Crippen molar-refractivity contribution in [3.05, 3.63) is 126 Å². The van der Waals surface area contributed by atoms with Gasteiger partial charge in [0.25, 0.3) is 0 Å². The van der Waals surface area contributed by atoms with Crippen LogP contribution in [0.4, 0.5) is 0 Å². The third kappa shape index (κ3) is 3.55. The molecule has 152 valence electrons. The predicted octanol–water partition coefficient (Wildman–Crippen LogP) is 7.15. The van der Waals surface area contributed by atoms with Crippen LogP contribution in [0.3, 0.4) is 0 Å². The molecule has 4 aromatic rings. The molecule has 0 atom stereocenters. The topological polar surface area (TPSA) is 0 Å². The Labute approximate surface area is 188 Å². The van der Waals surface area contributed by atoms with Crippen molar-refractivity contribution in [2.24, 2.45) is 0 Å². The molecule has 0 radical (unpaired) electrons.